The molecular weight excluding hydrogens is 1450 g/mol. The van der Waals surface area contributed by atoms with Crippen molar-refractivity contribution >= 4 is 53.4 Å². The summed E-state index contributed by atoms with van der Waals surface area (Å²) < 4.78 is 23.0. The van der Waals surface area contributed by atoms with E-state index in [1.165, 1.54) is 79.7 Å². The van der Waals surface area contributed by atoms with Crippen molar-refractivity contribution in [1.82, 2.24) is 16.0 Å². The number of cyclic esters (lactones) is 1. The number of carbonyl (C=O) groups is 9. The lowest BCUT2D eigenvalue weighted by atomic mass is 9.72. The number of methoxy groups -OCH3 is 1. The number of amides is 3. The molecule has 0 radical (unpaired) electrons. The largest absolute Gasteiger partial charge is 0.479 e. The quantitative estimate of drug-likeness (QED) is 0.0196. The lowest BCUT2D eigenvalue weighted by molar-refractivity contribution is -0.175. The Morgan fingerprint density at radius 2 is 1.30 bits per heavy atom. The van der Waals surface area contributed by atoms with Gasteiger partial charge < -0.3 is 101 Å². The van der Waals surface area contributed by atoms with Crippen LogP contribution in [0.1, 0.15) is 189 Å². The van der Waals surface area contributed by atoms with Gasteiger partial charge in [-0.3, -0.25) is 28.8 Å². The molecule has 26 atom stereocenters. The first kappa shape index (κ1) is 101. The number of aliphatic carboxylic acids is 2. The lowest BCUT2D eigenvalue weighted by Crippen LogP contribution is -2.59. The topological polar surface area (TPSA) is 490 Å². The summed E-state index contributed by atoms with van der Waals surface area (Å²) in [5.41, 5.74) is -1.81. The average Bonchev–Trinajstić information content (AvgIpc) is 0.751. The summed E-state index contributed by atoms with van der Waals surface area (Å²) in [4.78, 5) is 120. The minimum absolute atomic E-state index is 0.0392. The zero-order chi connectivity index (χ0) is 85.7. The minimum atomic E-state index is -2.71. The van der Waals surface area contributed by atoms with Gasteiger partial charge in [-0.25, -0.2) is 14.4 Å². The Bertz CT molecular complexity index is 3320. The van der Waals surface area contributed by atoms with Gasteiger partial charge in [-0.2, -0.15) is 0 Å². The zero-order valence-corrected chi connectivity index (χ0v) is 68.8. The second-order valence-electron chi connectivity index (χ2n) is 32.6. The molecule has 0 aromatic carbocycles. The molecule has 0 aliphatic carbocycles. The molecular formula is C83H133N3O26. The van der Waals surface area contributed by atoms with Gasteiger partial charge in [0.2, 0.25) is 17.7 Å². The van der Waals surface area contributed by atoms with Crippen molar-refractivity contribution in [3.63, 3.8) is 0 Å². The fourth-order valence-corrected chi connectivity index (χ4v) is 13.9. The van der Waals surface area contributed by atoms with E-state index in [1.807, 2.05) is 24.3 Å². The Balaban J connectivity index is 2.69. The van der Waals surface area contributed by atoms with Crippen molar-refractivity contribution in [2.45, 2.75) is 299 Å². The summed E-state index contributed by atoms with van der Waals surface area (Å²) in [6.45, 7) is 27.9. The third-order valence-electron chi connectivity index (χ3n) is 21.6. The molecule has 0 spiro atoms. The number of nitrogens with one attached hydrogen (secondary N) is 3. The van der Waals surface area contributed by atoms with E-state index in [0.29, 0.717) is 42.7 Å². The fraction of sp³-hybridized carbons (Fsp3) is 0.699. The van der Waals surface area contributed by atoms with Crippen LogP contribution in [0.5, 0.6) is 0 Å². The third-order valence-corrected chi connectivity index (χ3v) is 21.6. The van der Waals surface area contributed by atoms with E-state index in [1.54, 1.807) is 73.6 Å². The summed E-state index contributed by atoms with van der Waals surface area (Å²) in [7, 11) is 1.16. The van der Waals surface area contributed by atoms with Crippen LogP contribution in [0, 0.1) is 64.1 Å². The zero-order valence-electron chi connectivity index (χ0n) is 68.8. The van der Waals surface area contributed by atoms with E-state index in [0.717, 1.165) is 32.6 Å². The number of rotatable bonds is 29. The second kappa shape index (κ2) is 47.7. The SMILES string of the molecule is COC(=O)C(C)(C)C(O)C(C)C(=O)C(C)(C)C=CC(=O)NC(C(O)C(C)C)C(O)C(C)C=C(C)C(O)C(C)CCC(O)C(C)C(=O)NC(C(C)O)C1OC(=O)C(C(O)C(=O)O)NC(=O)C=CC=CCCC=CC=CCC2CC(C)CC(CC(O)C(C)C(O)C(C)=CC(C)C(O)C(C)=CCC(OC(=O)CC(O)C(=O)O)C1C)O2. The van der Waals surface area contributed by atoms with Crippen molar-refractivity contribution < 1.29 is 128 Å². The third kappa shape index (κ3) is 31.9. The first-order valence-corrected chi connectivity index (χ1v) is 38.9. The van der Waals surface area contributed by atoms with Crippen LogP contribution in [-0.4, -0.2) is 237 Å². The number of fused-ring (bicyclic) bond motifs is 2. The van der Waals surface area contributed by atoms with Gasteiger partial charge in [-0.05, 0) is 147 Å². The molecule has 1 saturated heterocycles. The Hall–Kier alpha value is -7.13. The molecule has 2 aliphatic rings. The van der Waals surface area contributed by atoms with Crippen molar-refractivity contribution in [3.05, 3.63) is 95.7 Å². The molecule has 0 saturated carbocycles. The molecule has 26 unspecified atom stereocenters. The van der Waals surface area contributed by atoms with E-state index in [9.17, 15) is 110 Å². The summed E-state index contributed by atoms with van der Waals surface area (Å²) in [5, 5.41) is 152. The average molecular weight is 1590 g/mol. The van der Waals surface area contributed by atoms with Gasteiger partial charge in [0.05, 0.1) is 104 Å². The molecule has 0 aromatic rings. The molecule has 112 heavy (non-hydrogen) atoms. The molecule has 2 rings (SSSR count). The molecule has 2 heterocycles. The van der Waals surface area contributed by atoms with Crippen LogP contribution in [0.3, 0.4) is 0 Å². The first-order valence-electron chi connectivity index (χ1n) is 38.9. The van der Waals surface area contributed by atoms with Gasteiger partial charge in [0.25, 0.3) is 0 Å². The summed E-state index contributed by atoms with van der Waals surface area (Å²) in [5.74, 6) is -18.0. The number of ketones is 1. The predicted octanol–water partition coefficient (Wildman–Crippen LogP) is 5.26. The number of carboxylic acids is 2. The molecule has 636 valence electrons. The van der Waals surface area contributed by atoms with Crippen molar-refractivity contribution in [1.29, 1.82) is 0 Å². The van der Waals surface area contributed by atoms with Gasteiger partial charge in [-0.1, -0.05) is 136 Å². The number of aliphatic hydroxyl groups is 11. The Kier molecular flexibility index (Phi) is 43.0. The number of allylic oxidation sites excluding steroid dienone is 7. The number of hydrogen-bond donors (Lipinski definition) is 16. The lowest BCUT2D eigenvalue weighted by Gasteiger charge is -2.38. The van der Waals surface area contributed by atoms with E-state index in [2.05, 4.69) is 22.9 Å². The van der Waals surface area contributed by atoms with Crippen LogP contribution in [0.4, 0.5) is 0 Å². The molecule has 29 heteroatoms. The maximum atomic E-state index is 14.6. The first-order chi connectivity index (χ1) is 51.9. The predicted molar refractivity (Wildman–Crippen MR) is 417 cm³/mol. The van der Waals surface area contributed by atoms with Crippen LogP contribution in [0.2, 0.25) is 0 Å². The number of carboxylic acid groups (broad SMARTS) is 2. The standard InChI is InChI=1S/C83H133N3O26/c1-43(2)68(94)66(84-63(92)35-36-82(15,16)75(100)54(13)76(101)83(17,18)81(108)109-19)72(98)50(9)40-48(7)69(95)45(4)31-33-58(88)52(11)77(102)86-65(55(14)87)74-53(12)61(111-64(93)42-60(90)78(103)104)34-32-46(5)70(96)47(6)39-49(8)71(97)51(10)59(89)41-57-38-44(3)37-56(110-57)29-27-25-23-21-20-22-24-26-28-30-62(91)85-67(80(107)112-74)73(99)79(105)106/h21,23-28,30,32,35-36,39-40,43-45,47,50-61,65-74,76,87-90,94-99,101H,20,22,29,31,33-34,37-38,41-42H2,1-19H3,(H,84,92)(H,85,91)(H,86,102)(H,103,104)(H,105,106). The monoisotopic (exact) mass is 1590 g/mol. The highest BCUT2D eigenvalue weighted by Crippen LogP contribution is 2.36. The second-order valence-corrected chi connectivity index (χ2v) is 32.6. The van der Waals surface area contributed by atoms with Crippen molar-refractivity contribution in [2.75, 3.05) is 7.11 Å². The Labute approximate surface area is 660 Å². The smallest absolute Gasteiger partial charge is 0.335 e. The fourth-order valence-electron chi connectivity index (χ4n) is 13.9. The maximum Gasteiger partial charge on any atom is 0.335 e. The van der Waals surface area contributed by atoms with E-state index >= 15 is 0 Å². The van der Waals surface area contributed by atoms with E-state index < -0.39 is 222 Å². The highest BCUT2D eigenvalue weighted by Gasteiger charge is 2.47. The molecule has 29 nitrogen and oxygen atoms in total. The minimum Gasteiger partial charge on any atom is -0.479 e. The summed E-state index contributed by atoms with van der Waals surface area (Å²) in [6, 6.07) is -5.55. The van der Waals surface area contributed by atoms with Gasteiger partial charge >= 0.3 is 29.8 Å². The molecule has 3 amide bonds. The van der Waals surface area contributed by atoms with Crippen LogP contribution < -0.4 is 16.0 Å². The van der Waals surface area contributed by atoms with Crippen LogP contribution >= 0.6 is 0 Å². The number of esters is 3. The highest BCUT2D eigenvalue weighted by molar-refractivity contribution is 5.95. The van der Waals surface area contributed by atoms with E-state index in [-0.39, 0.29) is 37.0 Å². The van der Waals surface area contributed by atoms with Crippen LogP contribution in [0.15, 0.2) is 95.7 Å². The molecule has 0 aromatic heterocycles. The van der Waals surface area contributed by atoms with Gasteiger partial charge in [0.15, 0.2) is 18.2 Å². The number of Topliss-reactive ketones (excluding diaryl/α,β-unsaturated/α-hetero) is 1. The number of hydrogen-bond acceptors (Lipinski definition) is 24. The van der Waals surface area contributed by atoms with E-state index in [4.69, 9.17) is 18.9 Å². The maximum absolute atomic E-state index is 14.6. The number of ether oxygens (including phenoxy) is 4. The van der Waals surface area contributed by atoms with Gasteiger partial charge in [-0.15, -0.1) is 0 Å². The number of carbonyl (C=O) groups excluding carboxylic acids is 7. The molecule has 2 bridgehead atoms. The van der Waals surface area contributed by atoms with Crippen LogP contribution in [0.25, 0.3) is 0 Å². The van der Waals surface area contributed by atoms with Crippen molar-refractivity contribution in [2.24, 2.45) is 64.1 Å². The molecule has 16 N–H and O–H groups in total. The normalized spacial score (nSPS) is 27.6. The molecule has 2 aliphatic heterocycles. The Morgan fingerprint density at radius 1 is 0.714 bits per heavy atom. The molecule has 1 fully saturated rings. The Morgan fingerprint density at radius 3 is 1.88 bits per heavy atom. The van der Waals surface area contributed by atoms with Gasteiger partial charge in [0.1, 0.15) is 18.0 Å². The van der Waals surface area contributed by atoms with Gasteiger partial charge in [0, 0.05) is 47.5 Å². The highest BCUT2D eigenvalue weighted by atomic mass is 16.6. The van der Waals surface area contributed by atoms with Crippen LogP contribution in [-0.2, 0) is 62.1 Å². The van der Waals surface area contributed by atoms with Crippen molar-refractivity contribution in [3.8, 4) is 0 Å². The summed E-state index contributed by atoms with van der Waals surface area (Å²) >= 11 is 0. The number of aliphatic hydroxyl groups excluding tert-OH is 11. The summed E-state index contributed by atoms with van der Waals surface area (Å²) in [6.07, 6.45) is 0.673.